The number of hydrogen-bond donors (Lipinski definition) is 1. The van der Waals surface area contributed by atoms with Gasteiger partial charge >= 0.3 is 0 Å². The van der Waals surface area contributed by atoms with E-state index in [0.29, 0.717) is 24.2 Å². The molecular weight excluding hydrogens is 362 g/mol. The van der Waals surface area contributed by atoms with E-state index in [2.05, 4.69) is 51.7 Å². The fraction of sp³-hybridized carbons (Fsp3) is 0.609. The minimum Gasteiger partial charge on any atom is -0.349 e. The zero-order chi connectivity index (χ0) is 20.1. The van der Waals surface area contributed by atoms with Crippen LogP contribution in [0, 0.1) is 6.92 Å². The van der Waals surface area contributed by atoms with E-state index in [9.17, 15) is 4.79 Å². The highest BCUT2D eigenvalue weighted by atomic mass is 16.2. The molecular formula is C23H33N5O. The first-order valence-corrected chi connectivity index (χ1v) is 11.2. The quantitative estimate of drug-likeness (QED) is 0.758. The van der Waals surface area contributed by atoms with Gasteiger partial charge in [0.2, 0.25) is 0 Å². The molecule has 6 heteroatoms. The van der Waals surface area contributed by atoms with Crippen LogP contribution in [0.1, 0.15) is 78.5 Å². The Bertz CT molecular complexity index is 809. The number of rotatable bonds is 6. The Hall–Kier alpha value is -2.21. The van der Waals surface area contributed by atoms with Crippen LogP contribution in [0.25, 0.3) is 0 Å². The third-order valence-electron chi connectivity index (χ3n) is 6.56. The lowest BCUT2D eigenvalue weighted by Crippen LogP contribution is -2.34. The smallest absolute Gasteiger partial charge is 0.273 e. The molecule has 156 valence electrons. The average Bonchev–Trinajstić information content (AvgIpc) is 3.32. The second-order valence-electron chi connectivity index (χ2n) is 8.63. The maximum atomic E-state index is 12.5. The van der Waals surface area contributed by atoms with Gasteiger partial charge in [0.1, 0.15) is 0 Å². The standard InChI is InChI=1S/C23H33N5O/c1-18-8-6-7-11-21(18)19-12-14-27(16-19)15-13-24-23(29)22-17-28(26-25-22)20-9-4-2-3-5-10-20/h6-8,11,17,19-20H,2-5,9-10,12-16H2,1H3,(H,24,29). The van der Waals surface area contributed by atoms with E-state index in [-0.39, 0.29) is 5.91 Å². The lowest BCUT2D eigenvalue weighted by Gasteiger charge is -2.17. The topological polar surface area (TPSA) is 63.1 Å². The molecule has 1 unspecified atom stereocenters. The molecule has 0 spiro atoms. The average molecular weight is 396 g/mol. The molecule has 1 N–H and O–H groups in total. The number of hydrogen-bond acceptors (Lipinski definition) is 4. The largest absolute Gasteiger partial charge is 0.349 e. The van der Waals surface area contributed by atoms with Crippen molar-refractivity contribution >= 4 is 5.91 Å². The van der Waals surface area contributed by atoms with Crippen molar-refractivity contribution in [3.05, 3.63) is 47.3 Å². The number of carbonyl (C=O) groups is 1. The maximum Gasteiger partial charge on any atom is 0.273 e. The van der Waals surface area contributed by atoms with Crippen molar-refractivity contribution in [3.63, 3.8) is 0 Å². The highest BCUT2D eigenvalue weighted by molar-refractivity contribution is 5.91. The number of nitrogens with zero attached hydrogens (tertiary/aromatic N) is 4. The number of amides is 1. The molecule has 1 aromatic carbocycles. The van der Waals surface area contributed by atoms with Crippen LogP contribution in [0.2, 0.25) is 0 Å². The zero-order valence-corrected chi connectivity index (χ0v) is 17.5. The van der Waals surface area contributed by atoms with Gasteiger partial charge in [-0.05, 0) is 49.8 Å². The van der Waals surface area contributed by atoms with E-state index in [0.717, 1.165) is 32.5 Å². The molecule has 6 nitrogen and oxygen atoms in total. The molecule has 2 aliphatic rings. The van der Waals surface area contributed by atoms with Gasteiger partial charge in [0.15, 0.2) is 5.69 Å². The molecule has 2 aromatic rings. The van der Waals surface area contributed by atoms with Gasteiger partial charge in [0.25, 0.3) is 5.91 Å². The number of aromatic nitrogens is 3. The fourth-order valence-corrected chi connectivity index (χ4v) is 4.83. The van der Waals surface area contributed by atoms with Crippen LogP contribution in [0.3, 0.4) is 0 Å². The molecule has 1 aliphatic carbocycles. The van der Waals surface area contributed by atoms with E-state index >= 15 is 0 Å². The van der Waals surface area contributed by atoms with E-state index in [1.165, 1.54) is 43.2 Å². The van der Waals surface area contributed by atoms with Gasteiger partial charge in [-0.3, -0.25) is 4.79 Å². The summed E-state index contributed by atoms with van der Waals surface area (Å²) in [6.45, 7) is 5.88. The Morgan fingerprint density at radius 2 is 1.93 bits per heavy atom. The summed E-state index contributed by atoms with van der Waals surface area (Å²) >= 11 is 0. The Labute approximate surface area is 173 Å². The Balaban J connectivity index is 1.23. The van der Waals surface area contributed by atoms with Gasteiger partial charge < -0.3 is 10.2 Å². The molecule has 0 bridgehead atoms. The van der Waals surface area contributed by atoms with Gasteiger partial charge in [-0.2, -0.15) is 0 Å². The third kappa shape index (κ3) is 5.04. The number of aryl methyl sites for hydroxylation is 1. The SMILES string of the molecule is Cc1ccccc1C1CCN(CCNC(=O)c2cn(C3CCCCCC3)nn2)C1. The molecule has 2 heterocycles. The molecule has 1 aliphatic heterocycles. The first-order valence-electron chi connectivity index (χ1n) is 11.2. The zero-order valence-electron chi connectivity index (χ0n) is 17.5. The highest BCUT2D eigenvalue weighted by Crippen LogP contribution is 2.29. The first kappa shape index (κ1) is 20.1. The normalized spacial score (nSPS) is 21.2. The molecule has 1 atom stereocenters. The van der Waals surface area contributed by atoms with Gasteiger partial charge in [0, 0.05) is 19.6 Å². The Kier molecular flexibility index (Phi) is 6.60. The number of carbonyl (C=O) groups excluding carboxylic acids is 1. The summed E-state index contributed by atoms with van der Waals surface area (Å²) in [5.74, 6) is 0.492. The minimum absolute atomic E-state index is 0.112. The van der Waals surface area contributed by atoms with Crippen LogP contribution in [-0.2, 0) is 0 Å². The lowest BCUT2D eigenvalue weighted by molar-refractivity contribution is 0.0944. The van der Waals surface area contributed by atoms with E-state index in [1.54, 1.807) is 0 Å². The van der Waals surface area contributed by atoms with E-state index < -0.39 is 0 Å². The lowest BCUT2D eigenvalue weighted by atomic mass is 9.94. The van der Waals surface area contributed by atoms with Gasteiger partial charge in [0.05, 0.1) is 12.2 Å². The van der Waals surface area contributed by atoms with Crippen LogP contribution in [0.15, 0.2) is 30.5 Å². The second-order valence-corrected chi connectivity index (χ2v) is 8.63. The number of nitrogens with one attached hydrogen (secondary N) is 1. The van der Waals surface area contributed by atoms with Crippen LogP contribution < -0.4 is 5.32 Å². The van der Waals surface area contributed by atoms with Crippen LogP contribution in [0.5, 0.6) is 0 Å². The number of likely N-dealkylation sites (tertiary alicyclic amines) is 1. The second kappa shape index (κ2) is 9.53. The van der Waals surface area contributed by atoms with Crippen molar-refractivity contribution in [1.29, 1.82) is 0 Å². The van der Waals surface area contributed by atoms with Crippen molar-refractivity contribution in [3.8, 4) is 0 Å². The first-order chi connectivity index (χ1) is 14.2. The molecule has 1 saturated carbocycles. The number of benzene rings is 1. The molecule has 29 heavy (non-hydrogen) atoms. The Morgan fingerprint density at radius 1 is 1.14 bits per heavy atom. The fourth-order valence-electron chi connectivity index (χ4n) is 4.83. The van der Waals surface area contributed by atoms with Crippen molar-refractivity contribution < 1.29 is 4.79 Å². The van der Waals surface area contributed by atoms with Gasteiger partial charge in [-0.25, -0.2) is 4.68 Å². The summed E-state index contributed by atoms with van der Waals surface area (Å²) in [6.07, 6.45) is 10.4. The summed E-state index contributed by atoms with van der Waals surface area (Å²) in [4.78, 5) is 14.9. The third-order valence-corrected chi connectivity index (χ3v) is 6.56. The molecule has 1 aromatic heterocycles. The summed E-state index contributed by atoms with van der Waals surface area (Å²) < 4.78 is 1.91. The molecule has 2 fully saturated rings. The molecule has 4 rings (SSSR count). The predicted octanol–water partition coefficient (Wildman–Crippen LogP) is 3.70. The predicted molar refractivity (Wildman–Crippen MR) is 114 cm³/mol. The molecule has 1 saturated heterocycles. The van der Waals surface area contributed by atoms with Crippen LogP contribution >= 0.6 is 0 Å². The summed E-state index contributed by atoms with van der Waals surface area (Å²) in [7, 11) is 0. The molecule has 0 radical (unpaired) electrons. The van der Waals surface area contributed by atoms with Crippen molar-refractivity contribution in [2.75, 3.05) is 26.2 Å². The maximum absolute atomic E-state index is 12.5. The van der Waals surface area contributed by atoms with E-state index in [4.69, 9.17) is 0 Å². The highest BCUT2D eigenvalue weighted by Gasteiger charge is 2.24. The summed E-state index contributed by atoms with van der Waals surface area (Å²) in [6, 6.07) is 9.08. The van der Waals surface area contributed by atoms with Crippen molar-refractivity contribution in [2.24, 2.45) is 0 Å². The van der Waals surface area contributed by atoms with Crippen molar-refractivity contribution in [2.45, 2.75) is 63.8 Å². The summed E-state index contributed by atoms with van der Waals surface area (Å²) in [5.41, 5.74) is 3.28. The molecule has 1 amide bonds. The Morgan fingerprint density at radius 3 is 2.72 bits per heavy atom. The monoisotopic (exact) mass is 395 g/mol. The summed E-state index contributed by atoms with van der Waals surface area (Å²) in [5, 5.41) is 11.4. The van der Waals surface area contributed by atoms with E-state index in [1.807, 2.05) is 10.9 Å². The van der Waals surface area contributed by atoms with Crippen LogP contribution in [-0.4, -0.2) is 52.0 Å². The van der Waals surface area contributed by atoms with Crippen LogP contribution in [0.4, 0.5) is 0 Å². The van der Waals surface area contributed by atoms with Gasteiger partial charge in [-0.15, -0.1) is 5.10 Å². The van der Waals surface area contributed by atoms with Gasteiger partial charge in [-0.1, -0.05) is 55.2 Å². The van der Waals surface area contributed by atoms with Crippen molar-refractivity contribution in [1.82, 2.24) is 25.2 Å². The minimum atomic E-state index is -0.112.